The number of benzene rings is 1. The van der Waals surface area contributed by atoms with Gasteiger partial charge in [0.15, 0.2) is 11.4 Å². The fraction of sp³-hybridized carbons (Fsp3) is 0.552. The Balaban J connectivity index is 1.90. The Kier molecular flexibility index (Phi) is 8.13. The molecule has 236 valence electrons. The maximum atomic E-state index is 14.1. The predicted molar refractivity (Wildman–Crippen MR) is 150 cm³/mol. The number of rotatable bonds is 7. The van der Waals surface area contributed by atoms with Crippen molar-refractivity contribution < 1.29 is 48.0 Å². The minimum Gasteiger partial charge on any atom is -0.508 e. The Bertz CT molecular complexity index is 1450. The second-order valence-electron chi connectivity index (χ2n) is 12.2. The molecule has 0 radical (unpaired) electrons. The fourth-order valence-corrected chi connectivity index (χ4v) is 6.78. The molecule has 0 spiro atoms. The van der Waals surface area contributed by atoms with Gasteiger partial charge in [-0.3, -0.25) is 24.2 Å². The number of nitrogens with zero attached hydrogens (tertiary/aromatic N) is 3. The number of phenolic OH excluding ortho intramolecular Hbond substituents is 1. The third-order valence-electron chi connectivity index (χ3n) is 8.96. The van der Waals surface area contributed by atoms with Gasteiger partial charge < -0.3 is 31.1 Å². The molecule has 3 aliphatic rings. The van der Waals surface area contributed by atoms with Gasteiger partial charge in [-0.1, -0.05) is 0 Å². The Morgan fingerprint density at radius 3 is 2.26 bits per heavy atom. The average molecular weight is 611 g/mol. The number of nitrogens with two attached hydrogens (primary N) is 1. The summed E-state index contributed by atoms with van der Waals surface area (Å²) in [6.07, 6.45) is -5.45. The summed E-state index contributed by atoms with van der Waals surface area (Å²) in [5.41, 5.74) is 2.46. The highest BCUT2D eigenvalue weighted by Crippen LogP contribution is 2.54. The highest BCUT2D eigenvalue weighted by Gasteiger charge is 2.64. The summed E-state index contributed by atoms with van der Waals surface area (Å²) in [5.74, 6) is -7.55. The standard InChI is InChI=1S/C29H37F3N4O7/c1-12(10-28(30,31)32)36(6)11-14-9-17(34(2)3)15-7-13-8-16-21(35(4)5)24(39)20(27(33)42)26(41)29(16,43)25(40)18(13)23(38)19(15)22(14)37/h9,12-13,16,21,37-38,41,43H,7-8,10-11H2,1-6H3,(H2,33,42)/t12?,13-,16-,21-,29-/m0/s1. The number of carbonyl (C=O) groups is 3. The van der Waals surface area contributed by atoms with E-state index in [1.54, 1.807) is 25.1 Å². The van der Waals surface area contributed by atoms with Gasteiger partial charge in [-0.15, -0.1) is 0 Å². The smallest absolute Gasteiger partial charge is 0.390 e. The van der Waals surface area contributed by atoms with E-state index in [-0.39, 0.29) is 36.1 Å². The largest absolute Gasteiger partial charge is 0.508 e. The van der Waals surface area contributed by atoms with Crippen LogP contribution in [-0.4, -0.2) is 107 Å². The number of anilines is 1. The molecule has 5 atom stereocenters. The minimum absolute atomic E-state index is 0.0567. The molecule has 1 aromatic carbocycles. The van der Waals surface area contributed by atoms with E-state index in [9.17, 15) is 48.0 Å². The maximum absolute atomic E-state index is 14.1. The second-order valence-corrected chi connectivity index (χ2v) is 12.2. The van der Waals surface area contributed by atoms with Crippen LogP contribution < -0.4 is 10.6 Å². The number of aliphatic hydroxyl groups excluding tert-OH is 2. The van der Waals surface area contributed by atoms with Crippen molar-refractivity contribution in [3.8, 4) is 5.75 Å². The van der Waals surface area contributed by atoms with E-state index in [2.05, 4.69) is 0 Å². The van der Waals surface area contributed by atoms with Crippen molar-refractivity contribution in [3.05, 3.63) is 39.7 Å². The van der Waals surface area contributed by atoms with E-state index in [4.69, 9.17) is 5.73 Å². The molecule has 1 aromatic rings. The van der Waals surface area contributed by atoms with Crippen molar-refractivity contribution in [2.75, 3.05) is 40.1 Å². The van der Waals surface area contributed by atoms with E-state index in [1.807, 2.05) is 0 Å². The van der Waals surface area contributed by atoms with E-state index in [1.165, 1.54) is 37.9 Å². The van der Waals surface area contributed by atoms with Crippen molar-refractivity contribution in [1.82, 2.24) is 9.80 Å². The number of hydrogen-bond acceptors (Lipinski definition) is 10. The van der Waals surface area contributed by atoms with E-state index >= 15 is 0 Å². The summed E-state index contributed by atoms with van der Waals surface area (Å²) in [5, 5.41) is 45.7. The number of hydrogen-bond donors (Lipinski definition) is 5. The third kappa shape index (κ3) is 5.14. The number of fused-ring (bicyclic) bond motifs is 3. The van der Waals surface area contributed by atoms with Crippen molar-refractivity contribution in [1.29, 1.82) is 0 Å². The van der Waals surface area contributed by atoms with Gasteiger partial charge in [-0.2, -0.15) is 13.2 Å². The Hall–Kier alpha value is -3.62. The lowest BCUT2D eigenvalue weighted by molar-refractivity contribution is -0.153. The van der Waals surface area contributed by atoms with Crippen LogP contribution in [0.25, 0.3) is 5.76 Å². The van der Waals surface area contributed by atoms with Gasteiger partial charge in [-0.25, -0.2) is 0 Å². The molecule has 1 fully saturated rings. The number of aliphatic hydroxyl groups is 3. The van der Waals surface area contributed by atoms with Crippen LogP contribution in [0.15, 0.2) is 23.0 Å². The Morgan fingerprint density at radius 2 is 1.74 bits per heavy atom. The molecule has 4 rings (SSSR count). The number of Topliss-reactive ketones (excluding diaryl/α,β-unsaturated/α-hetero) is 2. The number of ketones is 2. The number of halogens is 3. The van der Waals surface area contributed by atoms with Crippen LogP contribution in [0.3, 0.4) is 0 Å². The molecule has 14 heteroatoms. The molecule has 0 saturated heterocycles. The van der Waals surface area contributed by atoms with E-state index in [0.717, 1.165) is 0 Å². The van der Waals surface area contributed by atoms with Crippen molar-refractivity contribution in [3.63, 3.8) is 0 Å². The summed E-state index contributed by atoms with van der Waals surface area (Å²) in [7, 11) is 7.93. The van der Waals surface area contributed by atoms with Crippen molar-refractivity contribution in [2.24, 2.45) is 17.6 Å². The molecule has 6 N–H and O–H groups in total. The number of primary amides is 1. The first-order chi connectivity index (χ1) is 19.7. The molecule has 0 aliphatic heterocycles. The number of alkyl halides is 3. The molecule has 0 heterocycles. The molecule has 1 amide bonds. The zero-order valence-electron chi connectivity index (χ0n) is 24.8. The van der Waals surface area contributed by atoms with E-state index in [0.29, 0.717) is 11.3 Å². The van der Waals surface area contributed by atoms with Crippen molar-refractivity contribution in [2.45, 2.75) is 56.6 Å². The summed E-state index contributed by atoms with van der Waals surface area (Å²) >= 11 is 0. The van der Waals surface area contributed by atoms with Gasteiger partial charge >= 0.3 is 6.18 Å². The van der Waals surface area contributed by atoms with Gasteiger partial charge in [0.25, 0.3) is 5.91 Å². The SMILES string of the molecule is CC(CC(F)(F)F)N(C)Cc1cc(N(C)C)c2c(c1O)C(O)=C1C(=O)[C@]3(O)C(O)=C(C(N)=O)C(=O)[C@@H](N(C)C)[C@@H]3C[C@@H]1C2. The number of likely N-dealkylation sites (N-methyl/N-ethyl adjacent to an activating group) is 1. The Morgan fingerprint density at radius 1 is 1.14 bits per heavy atom. The summed E-state index contributed by atoms with van der Waals surface area (Å²) in [4.78, 5) is 44.0. The van der Waals surface area contributed by atoms with Gasteiger partial charge in [0.2, 0.25) is 5.78 Å². The molecular weight excluding hydrogens is 573 g/mol. The van der Waals surface area contributed by atoms with Crippen LogP contribution in [0.4, 0.5) is 18.9 Å². The quantitative estimate of drug-likeness (QED) is 0.287. The first-order valence-corrected chi connectivity index (χ1v) is 13.7. The van der Waals surface area contributed by atoms with Crippen LogP contribution >= 0.6 is 0 Å². The number of phenols is 1. The van der Waals surface area contributed by atoms with Gasteiger partial charge in [0.1, 0.15) is 22.8 Å². The Labute approximate surface area is 246 Å². The first kappa shape index (κ1) is 32.3. The minimum atomic E-state index is -4.40. The molecule has 43 heavy (non-hydrogen) atoms. The van der Waals surface area contributed by atoms with Gasteiger partial charge in [0.05, 0.1) is 18.0 Å². The fourth-order valence-electron chi connectivity index (χ4n) is 6.78. The predicted octanol–water partition coefficient (Wildman–Crippen LogP) is 1.80. The number of amides is 1. The zero-order valence-corrected chi connectivity index (χ0v) is 24.8. The zero-order chi connectivity index (χ0) is 32.5. The molecule has 1 unspecified atom stereocenters. The van der Waals surface area contributed by atoms with Crippen LogP contribution in [-0.2, 0) is 27.3 Å². The highest BCUT2D eigenvalue weighted by molar-refractivity contribution is 6.24. The first-order valence-electron chi connectivity index (χ1n) is 13.7. The van der Waals surface area contributed by atoms with Crippen LogP contribution in [0, 0.1) is 11.8 Å². The molecule has 3 aliphatic carbocycles. The van der Waals surface area contributed by atoms with Crippen LogP contribution in [0.2, 0.25) is 0 Å². The monoisotopic (exact) mass is 610 g/mol. The molecule has 11 nitrogen and oxygen atoms in total. The average Bonchev–Trinajstić information content (AvgIpc) is 2.86. The topological polar surface area (TPSA) is 168 Å². The second kappa shape index (κ2) is 10.8. The van der Waals surface area contributed by atoms with E-state index < -0.39 is 82.4 Å². The number of carbonyl (C=O) groups excluding carboxylic acids is 3. The summed E-state index contributed by atoms with van der Waals surface area (Å²) in [6.45, 7) is 1.27. The lowest BCUT2D eigenvalue weighted by Crippen LogP contribution is -2.65. The summed E-state index contributed by atoms with van der Waals surface area (Å²) < 4.78 is 39.1. The lowest BCUT2D eigenvalue weighted by Gasteiger charge is -2.50. The summed E-state index contributed by atoms with van der Waals surface area (Å²) in [6, 6.07) is -0.519. The maximum Gasteiger partial charge on any atom is 0.390 e. The van der Waals surface area contributed by atoms with Gasteiger partial charge in [-0.05, 0) is 58.5 Å². The van der Waals surface area contributed by atoms with Crippen LogP contribution in [0.1, 0.15) is 36.5 Å². The molecule has 0 bridgehead atoms. The lowest BCUT2D eigenvalue weighted by atomic mass is 9.57. The third-order valence-corrected chi connectivity index (χ3v) is 8.96. The molecular formula is C29H37F3N4O7. The number of aromatic hydroxyl groups is 1. The van der Waals surface area contributed by atoms with Gasteiger partial charge in [0, 0.05) is 49.4 Å². The van der Waals surface area contributed by atoms with Crippen molar-refractivity contribution >= 4 is 28.9 Å². The highest BCUT2D eigenvalue weighted by atomic mass is 19.4. The van der Waals surface area contributed by atoms with Crippen LogP contribution in [0.5, 0.6) is 5.75 Å². The molecule has 0 aromatic heterocycles. The normalized spacial score (nSPS) is 26.5. The molecule has 1 saturated carbocycles.